The van der Waals surface area contributed by atoms with E-state index in [0.717, 1.165) is 16.7 Å². The first-order valence-corrected chi connectivity index (χ1v) is 22.3. The Bertz CT molecular complexity index is 2470. The highest BCUT2D eigenvalue weighted by Crippen LogP contribution is 2.34. The normalized spacial score (nSPS) is 24.6. The molecule has 0 spiro atoms. The third-order valence-corrected chi connectivity index (χ3v) is 11.4. The summed E-state index contributed by atoms with van der Waals surface area (Å²) >= 11 is 0. The molecule has 2 N–H and O–H groups in total. The van der Waals surface area contributed by atoms with E-state index >= 15 is 0 Å². The fraction of sp³-hybridized carbons (Fsp3) is 0.278. The minimum atomic E-state index is -1.63. The number of ether oxygens (including phenoxy) is 9. The molecule has 68 heavy (non-hydrogen) atoms. The molecule has 0 unspecified atom stereocenters. The van der Waals surface area contributed by atoms with E-state index in [1.165, 1.54) is 36.4 Å². The van der Waals surface area contributed by atoms with Gasteiger partial charge in [0.15, 0.2) is 30.9 Å². The number of aliphatic hydroxyl groups excluding tert-OH is 2. The number of hydrogen-bond acceptors (Lipinski definition) is 14. The fourth-order valence-electron chi connectivity index (χ4n) is 7.95. The maximum atomic E-state index is 14.0. The zero-order valence-corrected chi connectivity index (χ0v) is 36.9. The van der Waals surface area contributed by atoms with E-state index in [4.69, 9.17) is 42.6 Å². The predicted molar refractivity (Wildman–Crippen MR) is 245 cm³/mol. The minimum Gasteiger partial charge on any atom is -0.452 e. The van der Waals surface area contributed by atoms with E-state index in [1.807, 2.05) is 91.0 Å². The minimum absolute atomic E-state index is 0.105. The van der Waals surface area contributed by atoms with Crippen LogP contribution in [0.1, 0.15) is 47.8 Å². The average Bonchev–Trinajstić information content (AvgIpc) is 3.39. The van der Waals surface area contributed by atoms with Gasteiger partial charge < -0.3 is 52.8 Å². The molecule has 2 saturated heterocycles. The molecule has 0 radical (unpaired) electrons. The number of esters is 3. The van der Waals surface area contributed by atoms with Gasteiger partial charge in [-0.05, 0) is 53.1 Å². The van der Waals surface area contributed by atoms with E-state index in [0.29, 0.717) is 0 Å². The highest BCUT2D eigenvalue weighted by molar-refractivity contribution is 5.91. The van der Waals surface area contributed by atoms with Crippen LogP contribution in [0.4, 0.5) is 0 Å². The number of carbonyl (C=O) groups excluding carboxylic acids is 3. The molecule has 0 bridgehead atoms. The van der Waals surface area contributed by atoms with Gasteiger partial charge in [0.1, 0.15) is 30.5 Å². The molecule has 8 rings (SSSR count). The van der Waals surface area contributed by atoms with Gasteiger partial charge in [0.2, 0.25) is 0 Å². The second kappa shape index (κ2) is 23.9. The van der Waals surface area contributed by atoms with Gasteiger partial charge in [-0.25, -0.2) is 14.4 Å². The molecule has 2 fully saturated rings. The van der Waals surface area contributed by atoms with Gasteiger partial charge in [0.25, 0.3) is 0 Å². The van der Waals surface area contributed by atoms with Gasteiger partial charge in [-0.15, -0.1) is 0 Å². The first-order chi connectivity index (χ1) is 33.3. The summed E-state index contributed by atoms with van der Waals surface area (Å²) in [5.74, 6) is -2.51. The Morgan fingerprint density at radius 1 is 0.397 bits per heavy atom. The standard InChI is InChI=1S/C54H52O14/c55-31-42-45(66-50(56)39-25-13-4-14-26-39)47(67-51(57)40-27-15-5-16-28-40)49(68-52(58)41-29-17-6-18-30-41)54(65-42)63-35-43-44(60-32-36-19-7-1-8-20-36)46(61-33-37-21-9-2-10-22-37)48(53(59)64-43)62-34-38-23-11-3-12-24-38/h1-30,42-49,53-55,59H,31-35H2/t42-,43-,44-,45-,46+,47+,48-,49-,53+,54-/m1/s1. The molecule has 6 aromatic carbocycles. The quantitative estimate of drug-likeness (QED) is 0.0636. The van der Waals surface area contributed by atoms with Gasteiger partial charge in [-0.3, -0.25) is 0 Å². The number of aliphatic hydroxyl groups is 2. The van der Waals surface area contributed by atoms with Crippen LogP contribution < -0.4 is 0 Å². The summed E-state index contributed by atoms with van der Waals surface area (Å²) in [6.07, 6.45) is -13.4. The molecule has 0 saturated carbocycles. The van der Waals surface area contributed by atoms with Crippen molar-refractivity contribution in [2.75, 3.05) is 13.2 Å². The summed E-state index contributed by atoms with van der Waals surface area (Å²) in [5, 5.41) is 22.7. The second-order valence-corrected chi connectivity index (χ2v) is 16.1. The molecule has 2 aliphatic rings. The molecule has 0 amide bonds. The van der Waals surface area contributed by atoms with E-state index in [1.54, 1.807) is 54.6 Å². The summed E-state index contributed by atoms with van der Waals surface area (Å²) in [7, 11) is 0. The molecular weight excluding hydrogens is 873 g/mol. The van der Waals surface area contributed by atoms with Crippen LogP contribution in [0, 0.1) is 0 Å². The third-order valence-electron chi connectivity index (χ3n) is 11.4. The Morgan fingerprint density at radius 2 is 0.765 bits per heavy atom. The molecule has 14 nitrogen and oxygen atoms in total. The van der Waals surface area contributed by atoms with Crippen LogP contribution in [0.2, 0.25) is 0 Å². The Labute approximate surface area is 393 Å². The van der Waals surface area contributed by atoms with Crippen molar-refractivity contribution in [2.24, 2.45) is 0 Å². The molecule has 0 aliphatic carbocycles. The lowest BCUT2D eigenvalue weighted by Crippen LogP contribution is -2.64. The predicted octanol–water partition coefficient (Wildman–Crippen LogP) is 6.87. The van der Waals surface area contributed by atoms with Crippen molar-refractivity contribution in [3.63, 3.8) is 0 Å². The number of hydrogen-bond donors (Lipinski definition) is 2. The summed E-state index contributed by atoms with van der Waals surface area (Å²) in [5.41, 5.74) is 3.01. The van der Waals surface area contributed by atoms with Gasteiger partial charge in [-0.2, -0.15) is 0 Å². The van der Waals surface area contributed by atoms with E-state index in [9.17, 15) is 24.6 Å². The van der Waals surface area contributed by atoms with Crippen molar-refractivity contribution >= 4 is 17.9 Å². The van der Waals surface area contributed by atoms with E-state index in [2.05, 4.69) is 0 Å². The largest absolute Gasteiger partial charge is 0.452 e. The summed E-state index contributed by atoms with van der Waals surface area (Å²) in [4.78, 5) is 41.6. The molecule has 14 heteroatoms. The van der Waals surface area contributed by atoms with Gasteiger partial charge in [-0.1, -0.05) is 146 Å². The molecule has 6 aromatic rings. The van der Waals surface area contributed by atoms with E-state index in [-0.39, 0.29) is 36.5 Å². The maximum Gasteiger partial charge on any atom is 0.338 e. The van der Waals surface area contributed by atoms with Crippen molar-refractivity contribution in [1.29, 1.82) is 0 Å². The van der Waals surface area contributed by atoms with Crippen LogP contribution in [0.25, 0.3) is 0 Å². The van der Waals surface area contributed by atoms with Crippen LogP contribution >= 0.6 is 0 Å². The van der Waals surface area contributed by atoms with Crippen molar-refractivity contribution in [3.8, 4) is 0 Å². The maximum absolute atomic E-state index is 14.0. The molecule has 352 valence electrons. The number of benzene rings is 6. The Kier molecular flexibility index (Phi) is 16.8. The van der Waals surface area contributed by atoms with E-state index < -0.39 is 92.5 Å². The fourth-order valence-corrected chi connectivity index (χ4v) is 7.95. The van der Waals surface area contributed by atoms with Crippen molar-refractivity contribution in [2.45, 2.75) is 81.2 Å². The molecule has 10 atom stereocenters. The number of carbonyl (C=O) groups is 3. The smallest absolute Gasteiger partial charge is 0.338 e. The lowest BCUT2D eigenvalue weighted by atomic mass is 9.97. The highest BCUT2D eigenvalue weighted by atomic mass is 16.7. The lowest BCUT2D eigenvalue weighted by Gasteiger charge is -2.46. The molecule has 0 aromatic heterocycles. The second-order valence-electron chi connectivity index (χ2n) is 16.1. The van der Waals surface area contributed by atoms with Gasteiger partial charge in [0.05, 0.1) is 49.7 Å². The SMILES string of the molecule is O=C(O[C@@H]1[C@@H](OC(=O)c2ccccc2)[C@H](OC[C@H]2O[C@H](O)[C@H](OCc3ccccc3)[C@@H](OCc3ccccc3)[C@@H]2OCc2ccccc2)O[C@H](CO)[C@H]1OC(=O)c1ccccc1)c1ccccc1. The van der Waals surface area contributed by atoms with Crippen LogP contribution in [-0.4, -0.2) is 103 Å². The topological polar surface area (TPSA) is 175 Å². The third kappa shape index (κ3) is 12.5. The Hall–Kier alpha value is -6.59. The highest BCUT2D eigenvalue weighted by Gasteiger charge is 2.54. The van der Waals surface area contributed by atoms with Crippen LogP contribution in [0.3, 0.4) is 0 Å². The lowest BCUT2D eigenvalue weighted by molar-refractivity contribution is -0.337. The number of rotatable bonds is 19. The Balaban J connectivity index is 1.13. The Morgan fingerprint density at radius 3 is 1.19 bits per heavy atom. The first-order valence-electron chi connectivity index (χ1n) is 22.3. The van der Waals surface area contributed by atoms with Crippen LogP contribution in [-0.2, 0) is 62.5 Å². The summed E-state index contributed by atoms with van der Waals surface area (Å²) < 4.78 is 57.1. The average molecular weight is 925 g/mol. The van der Waals surface area contributed by atoms with Gasteiger partial charge in [0, 0.05) is 0 Å². The zero-order valence-electron chi connectivity index (χ0n) is 36.9. The van der Waals surface area contributed by atoms with Crippen molar-refractivity contribution in [1.82, 2.24) is 0 Å². The zero-order chi connectivity index (χ0) is 47.1. The summed E-state index contributed by atoms with van der Waals surface area (Å²) in [6, 6.07) is 52.7. The van der Waals surface area contributed by atoms with Crippen molar-refractivity contribution in [3.05, 3.63) is 215 Å². The molecule has 2 heterocycles. The van der Waals surface area contributed by atoms with Gasteiger partial charge >= 0.3 is 17.9 Å². The van der Waals surface area contributed by atoms with Crippen LogP contribution in [0.5, 0.6) is 0 Å². The monoisotopic (exact) mass is 924 g/mol. The van der Waals surface area contributed by atoms with Crippen molar-refractivity contribution < 1.29 is 67.2 Å². The first kappa shape index (κ1) is 47.9. The summed E-state index contributed by atoms with van der Waals surface area (Å²) in [6.45, 7) is -0.795. The molecule has 2 aliphatic heterocycles. The van der Waals surface area contributed by atoms with Crippen LogP contribution in [0.15, 0.2) is 182 Å². The molecular formula is C54H52O14.